The minimum atomic E-state index is -1.33. The second kappa shape index (κ2) is 12.8. The van der Waals surface area contributed by atoms with E-state index in [0.717, 1.165) is 29.3 Å². The van der Waals surface area contributed by atoms with Crippen LogP contribution in [0.1, 0.15) is 63.1 Å². The number of halogens is 1. The Kier molecular flexibility index (Phi) is 9.41. The Morgan fingerprint density at radius 3 is 2.54 bits per heavy atom. The summed E-state index contributed by atoms with van der Waals surface area (Å²) in [4.78, 5) is 52.7. The fraction of sp³-hybridized carbons (Fsp3) is 0.419. The van der Waals surface area contributed by atoms with E-state index in [1.54, 1.807) is 18.2 Å². The van der Waals surface area contributed by atoms with E-state index in [1.165, 1.54) is 11.0 Å². The van der Waals surface area contributed by atoms with Gasteiger partial charge in [-0.2, -0.15) is 0 Å². The van der Waals surface area contributed by atoms with Crippen molar-refractivity contribution in [1.29, 1.82) is 0 Å². The molecule has 1 saturated heterocycles. The maximum absolute atomic E-state index is 14.8. The van der Waals surface area contributed by atoms with E-state index in [1.807, 2.05) is 12.1 Å². The normalized spacial score (nSPS) is 17.0. The highest BCUT2D eigenvalue weighted by Crippen LogP contribution is 2.32. The standard InChI is InChI=1S/C31H36FN3O5Si/c1-41(2,3)18-17-40-20-35-27(36)16-15-26(30(35)38)34-19-24-22(13-14-25(32)28(24)31(34)39)8-6-4-5-7-21-9-11-23(12-10-21)29(33)37/h9-14,26H,4-5,7,15-20H2,1-3H3,(H2,33,37). The van der Waals surface area contributed by atoms with Crippen LogP contribution in [0.25, 0.3) is 0 Å². The molecule has 1 unspecified atom stereocenters. The van der Waals surface area contributed by atoms with E-state index in [0.29, 0.717) is 29.7 Å². The molecular formula is C31H36FN3O5Si. The number of unbranched alkanes of at least 4 members (excludes halogenated alkanes) is 1. The quantitative estimate of drug-likeness (QED) is 0.198. The van der Waals surface area contributed by atoms with Crippen molar-refractivity contribution in [2.24, 2.45) is 5.73 Å². The van der Waals surface area contributed by atoms with Crippen LogP contribution in [0.2, 0.25) is 25.7 Å². The number of hydrogen-bond donors (Lipinski definition) is 1. The van der Waals surface area contributed by atoms with E-state index in [-0.39, 0.29) is 37.6 Å². The van der Waals surface area contributed by atoms with Gasteiger partial charge in [-0.15, -0.1) is 0 Å². The molecule has 8 nitrogen and oxygen atoms in total. The molecule has 2 aliphatic rings. The Morgan fingerprint density at radius 2 is 1.85 bits per heavy atom. The first-order chi connectivity index (χ1) is 19.5. The summed E-state index contributed by atoms with van der Waals surface area (Å²) in [5.74, 6) is 3.69. The van der Waals surface area contributed by atoms with Crippen LogP contribution < -0.4 is 5.73 Å². The lowest BCUT2D eigenvalue weighted by Gasteiger charge is -2.35. The van der Waals surface area contributed by atoms with Gasteiger partial charge in [0.05, 0.1) is 5.56 Å². The Morgan fingerprint density at radius 1 is 1.12 bits per heavy atom. The summed E-state index contributed by atoms with van der Waals surface area (Å²) in [7, 11) is -1.33. The lowest BCUT2D eigenvalue weighted by Crippen LogP contribution is -2.55. The number of fused-ring (bicyclic) bond motifs is 1. The van der Waals surface area contributed by atoms with Crippen LogP contribution >= 0.6 is 0 Å². The molecule has 1 atom stereocenters. The number of amides is 4. The summed E-state index contributed by atoms with van der Waals surface area (Å²) in [5.41, 5.74) is 7.75. The van der Waals surface area contributed by atoms with Crippen molar-refractivity contribution in [3.8, 4) is 11.8 Å². The molecular weight excluding hydrogens is 541 g/mol. The van der Waals surface area contributed by atoms with Gasteiger partial charge in [-0.3, -0.25) is 24.1 Å². The molecule has 216 valence electrons. The van der Waals surface area contributed by atoms with E-state index < -0.39 is 37.7 Å². The fourth-order valence-electron chi connectivity index (χ4n) is 4.92. The van der Waals surface area contributed by atoms with Crippen LogP contribution in [0.15, 0.2) is 36.4 Å². The Labute approximate surface area is 241 Å². The summed E-state index contributed by atoms with van der Waals surface area (Å²) in [6.45, 7) is 7.01. The fourth-order valence-corrected chi connectivity index (χ4v) is 5.68. The monoisotopic (exact) mass is 577 g/mol. The van der Waals surface area contributed by atoms with Crippen LogP contribution in [0, 0.1) is 17.7 Å². The topological polar surface area (TPSA) is 110 Å². The Balaban J connectivity index is 1.40. The molecule has 2 heterocycles. The number of primary amides is 1. The summed E-state index contributed by atoms with van der Waals surface area (Å²) in [5, 5.41) is 0. The van der Waals surface area contributed by atoms with E-state index in [2.05, 4.69) is 31.5 Å². The van der Waals surface area contributed by atoms with Crippen LogP contribution in [-0.4, -0.2) is 60.9 Å². The van der Waals surface area contributed by atoms with Gasteiger partial charge in [0.1, 0.15) is 18.6 Å². The van der Waals surface area contributed by atoms with Crippen LogP contribution in [-0.2, 0) is 27.3 Å². The van der Waals surface area contributed by atoms with Gasteiger partial charge in [0.25, 0.3) is 11.8 Å². The number of rotatable bonds is 10. The number of carbonyl (C=O) groups excluding carboxylic acids is 4. The van der Waals surface area contributed by atoms with Crippen molar-refractivity contribution in [3.63, 3.8) is 0 Å². The highest BCUT2D eigenvalue weighted by atomic mass is 28.3. The smallest absolute Gasteiger partial charge is 0.258 e. The molecule has 41 heavy (non-hydrogen) atoms. The maximum atomic E-state index is 14.8. The van der Waals surface area contributed by atoms with E-state index in [4.69, 9.17) is 10.5 Å². The molecule has 2 N–H and O–H groups in total. The first kappa shape index (κ1) is 30.2. The molecule has 0 bridgehead atoms. The first-order valence-electron chi connectivity index (χ1n) is 13.9. The molecule has 0 spiro atoms. The van der Waals surface area contributed by atoms with Crippen molar-refractivity contribution in [3.05, 3.63) is 70.0 Å². The Hall–Kier alpha value is -3.81. The van der Waals surface area contributed by atoms with Gasteiger partial charge in [0.15, 0.2) is 0 Å². The van der Waals surface area contributed by atoms with Gasteiger partial charge in [0.2, 0.25) is 11.8 Å². The van der Waals surface area contributed by atoms with E-state index in [9.17, 15) is 23.6 Å². The number of ether oxygens (including phenoxy) is 1. The van der Waals surface area contributed by atoms with Gasteiger partial charge in [-0.25, -0.2) is 4.39 Å². The van der Waals surface area contributed by atoms with Gasteiger partial charge in [0, 0.05) is 50.8 Å². The first-order valence-corrected chi connectivity index (χ1v) is 17.6. The number of nitrogens with two attached hydrogens (primary N) is 1. The number of piperidine rings is 1. The highest BCUT2D eigenvalue weighted by molar-refractivity contribution is 6.76. The maximum Gasteiger partial charge on any atom is 0.258 e. The molecule has 1 fully saturated rings. The second-order valence-corrected chi connectivity index (χ2v) is 17.3. The summed E-state index contributed by atoms with van der Waals surface area (Å²) >= 11 is 0. The largest absolute Gasteiger partial charge is 0.366 e. The van der Waals surface area contributed by atoms with Crippen LogP contribution in [0.4, 0.5) is 4.39 Å². The zero-order chi connectivity index (χ0) is 29.7. The molecule has 0 radical (unpaired) electrons. The molecule has 4 rings (SSSR count). The molecule has 2 aromatic rings. The number of benzene rings is 2. The third-order valence-corrected chi connectivity index (χ3v) is 9.07. The zero-order valence-corrected chi connectivity index (χ0v) is 24.8. The molecule has 0 aromatic heterocycles. The highest BCUT2D eigenvalue weighted by Gasteiger charge is 2.44. The molecule has 0 saturated carbocycles. The number of likely N-dealkylation sites (tertiary alicyclic amines) is 1. The van der Waals surface area contributed by atoms with Crippen molar-refractivity contribution in [2.75, 3.05) is 13.3 Å². The van der Waals surface area contributed by atoms with E-state index >= 15 is 0 Å². The van der Waals surface area contributed by atoms with Gasteiger partial charge >= 0.3 is 0 Å². The van der Waals surface area contributed by atoms with Crippen LogP contribution in [0.5, 0.6) is 0 Å². The zero-order valence-electron chi connectivity index (χ0n) is 23.8. The number of carbonyl (C=O) groups is 4. The second-order valence-electron chi connectivity index (χ2n) is 11.7. The molecule has 2 aliphatic heterocycles. The minimum absolute atomic E-state index is 0.0526. The number of nitrogens with zero attached hydrogens (tertiary/aromatic N) is 2. The molecule has 4 amide bonds. The predicted molar refractivity (Wildman–Crippen MR) is 155 cm³/mol. The van der Waals surface area contributed by atoms with Crippen molar-refractivity contribution >= 4 is 31.7 Å². The molecule has 2 aromatic carbocycles. The summed E-state index contributed by atoms with van der Waals surface area (Å²) in [6.07, 6.45) is 2.41. The lowest BCUT2D eigenvalue weighted by molar-refractivity contribution is -0.158. The Bertz CT molecular complexity index is 1410. The average molecular weight is 578 g/mol. The summed E-state index contributed by atoms with van der Waals surface area (Å²) < 4.78 is 20.5. The number of hydrogen-bond acceptors (Lipinski definition) is 5. The van der Waals surface area contributed by atoms with Crippen molar-refractivity contribution < 1.29 is 28.3 Å². The molecule has 10 heteroatoms. The minimum Gasteiger partial charge on any atom is -0.366 e. The number of imide groups is 1. The van der Waals surface area contributed by atoms with Crippen molar-refractivity contribution in [2.45, 2.75) is 70.4 Å². The summed E-state index contributed by atoms with van der Waals surface area (Å²) in [6, 6.07) is 9.95. The third-order valence-electron chi connectivity index (χ3n) is 7.37. The van der Waals surface area contributed by atoms with Crippen LogP contribution in [0.3, 0.4) is 0 Å². The third kappa shape index (κ3) is 7.29. The van der Waals surface area contributed by atoms with Gasteiger partial charge in [-0.1, -0.05) is 43.6 Å². The van der Waals surface area contributed by atoms with Crippen molar-refractivity contribution in [1.82, 2.24) is 9.80 Å². The van der Waals surface area contributed by atoms with Gasteiger partial charge < -0.3 is 15.4 Å². The predicted octanol–water partition coefficient (Wildman–Crippen LogP) is 4.08. The van der Waals surface area contributed by atoms with Gasteiger partial charge in [-0.05, 0) is 55.1 Å². The lowest BCUT2D eigenvalue weighted by atomic mass is 10.0. The SMILES string of the molecule is C[Si](C)(C)CCOCN1C(=O)CCC(N2Cc3c(C#CCCCc4ccc(C(N)=O)cc4)ccc(F)c3C2=O)C1=O. The average Bonchev–Trinajstić information content (AvgIpc) is 3.26. The molecule has 0 aliphatic carbocycles. The number of aryl methyl sites for hydroxylation is 1.